The van der Waals surface area contributed by atoms with Crippen molar-refractivity contribution in [3.05, 3.63) is 63.4 Å². The second-order valence-electron chi connectivity index (χ2n) is 6.69. The summed E-state index contributed by atoms with van der Waals surface area (Å²) in [6.45, 7) is 2.59. The van der Waals surface area contributed by atoms with E-state index in [0.717, 1.165) is 0 Å². The minimum absolute atomic E-state index is 0.108. The zero-order valence-electron chi connectivity index (χ0n) is 16.3. The number of halogens is 6. The van der Waals surface area contributed by atoms with Gasteiger partial charge in [-0.25, -0.2) is 22.0 Å². The molecule has 0 atom stereocenters. The summed E-state index contributed by atoms with van der Waals surface area (Å²) in [5, 5.41) is 9.27. The van der Waals surface area contributed by atoms with Gasteiger partial charge in [0.25, 0.3) is 12.9 Å². The molecule has 0 aliphatic rings. The van der Waals surface area contributed by atoms with Crippen LogP contribution < -0.4 is 5.32 Å². The number of nitrogens with one attached hydrogen (secondary N) is 1. The number of carbonyl (C=O) groups excluding carboxylic acids is 1. The fourth-order valence-corrected chi connectivity index (χ4v) is 3.38. The molecule has 2 heterocycles. The van der Waals surface area contributed by atoms with E-state index in [1.807, 2.05) is 0 Å². The first-order valence-corrected chi connectivity index (χ1v) is 9.37. The molecule has 6 nitrogen and oxygen atoms in total. The number of carbonyl (C=O) groups is 1. The molecule has 1 amide bonds. The van der Waals surface area contributed by atoms with Crippen molar-refractivity contribution >= 4 is 23.2 Å². The third kappa shape index (κ3) is 4.71. The molecule has 1 N–H and O–H groups in total. The Kier molecular flexibility index (Phi) is 6.63. The van der Waals surface area contributed by atoms with E-state index in [1.165, 1.54) is 10.7 Å². The molecule has 0 spiro atoms. The van der Waals surface area contributed by atoms with E-state index in [2.05, 4.69) is 15.5 Å². The SMILES string of the molecule is Cc1nn(Cc2ccccc2F)c(C)c1NC(=O)Cn1nc(C(F)F)c(Cl)c1C(F)F. The zero-order valence-corrected chi connectivity index (χ0v) is 17.1. The van der Waals surface area contributed by atoms with Crippen molar-refractivity contribution in [1.29, 1.82) is 0 Å². The van der Waals surface area contributed by atoms with Gasteiger partial charge in [-0.3, -0.25) is 14.2 Å². The van der Waals surface area contributed by atoms with E-state index >= 15 is 0 Å². The first-order valence-electron chi connectivity index (χ1n) is 8.99. The van der Waals surface area contributed by atoms with E-state index in [9.17, 15) is 26.7 Å². The summed E-state index contributed by atoms with van der Waals surface area (Å²) in [5.41, 5.74) is -0.394. The summed E-state index contributed by atoms with van der Waals surface area (Å²) in [6, 6.07) is 6.14. The summed E-state index contributed by atoms with van der Waals surface area (Å²) in [4.78, 5) is 12.4. The summed E-state index contributed by atoms with van der Waals surface area (Å²) >= 11 is 5.59. The molecule has 31 heavy (non-hydrogen) atoms. The van der Waals surface area contributed by atoms with Gasteiger partial charge in [-0.1, -0.05) is 29.8 Å². The molecule has 2 aromatic heterocycles. The Balaban J connectivity index is 1.81. The van der Waals surface area contributed by atoms with Crippen LogP contribution in [0.1, 0.15) is 41.2 Å². The Labute approximate surface area is 178 Å². The highest BCUT2D eigenvalue weighted by atomic mass is 35.5. The second-order valence-corrected chi connectivity index (χ2v) is 7.06. The monoisotopic (exact) mass is 461 g/mol. The lowest BCUT2D eigenvalue weighted by atomic mass is 10.2. The quantitative estimate of drug-likeness (QED) is 0.501. The molecule has 12 heteroatoms. The van der Waals surface area contributed by atoms with E-state index in [0.29, 0.717) is 27.3 Å². The van der Waals surface area contributed by atoms with Crippen LogP contribution in [0.5, 0.6) is 0 Å². The summed E-state index contributed by atoms with van der Waals surface area (Å²) in [7, 11) is 0. The Morgan fingerprint density at radius 1 is 1.10 bits per heavy atom. The van der Waals surface area contributed by atoms with E-state index in [1.54, 1.807) is 32.0 Å². The second kappa shape index (κ2) is 9.04. The van der Waals surface area contributed by atoms with Gasteiger partial charge >= 0.3 is 0 Å². The maximum atomic E-state index is 13.9. The highest BCUT2D eigenvalue weighted by Crippen LogP contribution is 2.34. The molecular weight excluding hydrogens is 445 g/mol. The lowest BCUT2D eigenvalue weighted by molar-refractivity contribution is -0.117. The average molecular weight is 462 g/mol. The summed E-state index contributed by atoms with van der Waals surface area (Å²) in [6.07, 6.45) is -6.37. The van der Waals surface area contributed by atoms with Crippen molar-refractivity contribution in [2.75, 3.05) is 5.32 Å². The molecule has 0 saturated carbocycles. The number of anilines is 1. The molecule has 0 radical (unpaired) electrons. The van der Waals surface area contributed by atoms with E-state index in [4.69, 9.17) is 11.6 Å². The largest absolute Gasteiger partial charge is 0.321 e. The normalized spacial score (nSPS) is 11.5. The predicted octanol–water partition coefficient (Wildman–Crippen LogP) is 5.05. The van der Waals surface area contributed by atoms with E-state index < -0.39 is 47.5 Å². The van der Waals surface area contributed by atoms with Crippen LogP contribution in [-0.2, 0) is 17.9 Å². The first kappa shape index (κ1) is 22.7. The van der Waals surface area contributed by atoms with Crippen molar-refractivity contribution in [1.82, 2.24) is 19.6 Å². The van der Waals surface area contributed by atoms with Gasteiger partial charge in [-0.2, -0.15) is 10.2 Å². The van der Waals surface area contributed by atoms with Crippen molar-refractivity contribution in [3.63, 3.8) is 0 Å². The van der Waals surface area contributed by atoms with Crippen LogP contribution in [0.25, 0.3) is 0 Å². The standard InChI is InChI=1S/C19H17ClF5N5O/c1-9-15(10(2)29(27-9)7-11-5-3-4-6-12(11)21)26-13(31)8-30-17(19(24)25)14(20)16(28-30)18(22)23/h3-6,18-19H,7-8H2,1-2H3,(H,26,31). The molecule has 0 bridgehead atoms. The van der Waals surface area contributed by atoms with Gasteiger partial charge in [-0.05, 0) is 19.9 Å². The van der Waals surface area contributed by atoms with Crippen LogP contribution in [-0.4, -0.2) is 25.5 Å². The minimum Gasteiger partial charge on any atom is -0.321 e. The van der Waals surface area contributed by atoms with E-state index in [-0.39, 0.29) is 6.54 Å². The van der Waals surface area contributed by atoms with Crippen LogP contribution in [0.4, 0.5) is 27.6 Å². The highest BCUT2D eigenvalue weighted by Gasteiger charge is 2.29. The zero-order chi connectivity index (χ0) is 22.9. The highest BCUT2D eigenvalue weighted by molar-refractivity contribution is 6.32. The van der Waals surface area contributed by atoms with Gasteiger partial charge in [0.2, 0.25) is 5.91 Å². The van der Waals surface area contributed by atoms with Gasteiger partial charge in [0.05, 0.1) is 28.6 Å². The average Bonchev–Trinajstić information content (AvgIpc) is 3.14. The maximum Gasteiger partial charge on any atom is 0.283 e. The molecule has 0 aliphatic carbocycles. The predicted molar refractivity (Wildman–Crippen MR) is 103 cm³/mol. The molecule has 1 aromatic carbocycles. The third-order valence-corrected chi connectivity index (χ3v) is 4.97. The lowest BCUT2D eigenvalue weighted by Gasteiger charge is -2.09. The van der Waals surface area contributed by atoms with Gasteiger partial charge < -0.3 is 5.32 Å². The molecule has 3 aromatic rings. The lowest BCUT2D eigenvalue weighted by Crippen LogP contribution is -2.22. The fraction of sp³-hybridized carbons (Fsp3) is 0.316. The number of amides is 1. The number of rotatable bonds is 7. The Morgan fingerprint density at radius 2 is 1.77 bits per heavy atom. The van der Waals surface area contributed by atoms with Gasteiger partial charge in [0.1, 0.15) is 23.7 Å². The fourth-order valence-electron chi connectivity index (χ4n) is 3.08. The van der Waals surface area contributed by atoms with Crippen molar-refractivity contribution < 1.29 is 26.7 Å². The Bertz CT molecular complexity index is 1110. The Morgan fingerprint density at radius 3 is 2.39 bits per heavy atom. The molecular formula is C19H17ClF5N5O. The topological polar surface area (TPSA) is 64.7 Å². The van der Waals surface area contributed by atoms with Crippen LogP contribution in [0.15, 0.2) is 24.3 Å². The van der Waals surface area contributed by atoms with Gasteiger partial charge in [-0.15, -0.1) is 0 Å². The molecule has 0 aliphatic heterocycles. The molecule has 0 fully saturated rings. The number of hydrogen-bond donors (Lipinski definition) is 1. The van der Waals surface area contributed by atoms with Crippen LogP contribution >= 0.6 is 11.6 Å². The number of aromatic nitrogens is 4. The number of alkyl halides is 4. The first-order chi connectivity index (χ1) is 14.6. The van der Waals surface area contributed by atoms with Gasteiger partial charge in [0, 0.05) is 5.56 Å². The van der Waals surface area contributed by atoms with Crippen LogP contribution in [0.3, 0.4) is 0 Å². The molecule has 166 valence electrons. The number of aryl methyl sites for hydroxylation is 1. The molecule has 0 unspecified atom stereocenters. The third-order valence-electron chi connectivity index (χ3n) is 4.59. The number of nitrogens with zero attached hydrogens (tertiary/aromatic N) is 4. The summed E-state index contributed by atoms with van der Waals surface area (Å²) in [5.74, 6) is -1.20. The van der Waals surface area contributed by atoms with Gasteiger partial charge in [0.15, 0.2) is 0 Å². The maximum absolute atomic E-state index is 13.9. The van der Waals surface area contributed by atoms with Crippen LogP contribution in [0.2, 0.25) is 5.02 Å². The van der Waals surface area contributed by atoms with Crippen molar-refractivity contribution in [3.8, 4) is 0 Å². The smallest absolute Gasteiger partial charge is 0.283 e. The minimum atomic E-state index is -3.20. The molecule has 0 saturated heterocycles. The van der Waals surface area contributed by atoms with Crippen molar-refractivity contribution in [2.45, 2.75) is 39.8 Å². The van der Waals surface area contributed by atoms with Crippen LogP contribution in [0, 0.1) is 19.7 Å². The number of benzene rings is 1. The Hall–Kier alpha value is -2.95. The molecule has 3 rings (SSSR count). The summed E-state index contributed by atoms with van der Waals surface area (Å²) < 4.78 is 68.2. The van der Waals surface area contributed by atoms with Crippen molar-refractivity contribution in [2.24, 2.45) is 0 Å². The number of hydrogen-bond acceptors (Lipinski definition) is 3.